The van der Waals surface area contributed by atoms with E-state index >= 15 is 0 Å². The van der Waals surface area contributed by atoms with Crippen LogP contribution in [0.2, 0.25) is 0 Å². The lowest BCUT2D eigenvalue weighted by molar-refractivity contribution is 0.0287. The molecule has 0 radical (unpaired) electrons. The number of aromatic nitrogens is 2. The van der Waals surface area contributed by atoms with Crippen LogP contribution in [0.3, 0.4) is 0 Å². The van der Waals surface area contributed by atoms with Crippen molar-refractivity contribution in [2.24, 2.45) is 5.73 Å². The zero-order valence-electron chi connectivity index (χ0n) is 12.3. The molecule has 4 N–H and O–H groups in total. The van der Waals surface area contributed by atoms with Gasteiger partial charge in [0.25, 0.3) is 10.0 Å². The minimum Gasteiger partial charge on any atom is -0.377 e. The van der Waals surface area contributed by atoms with Crippen molar-refractivity contribution in [2.75, 3.05) is 13.2 Å². The van der Waals surface area contributed by atoms with Crippen molar-refractivity contribution in [1.29, 1.82) is 0 Å². The summed E-state index contributed by atoms with van der Waals surface area (Å²) in [5, 5.41) is 0.1000. The maximum absolute atomic E-state index is 12.0. The van der Waals surface area contributed by atoms with Gasteiger partial charge in [0.1, 0.15) is 5.82 Å². The SMILES string of the molecule is CCc1ncc(S(=O)(=O)NCCOC2CCC(N)CC2)[nH]1. The van der Waals surface area contributed by atoms with Crippen molar-refractivity contribution in [3.63, 3.8) is 0 Å². The van der Waals surface area contributed by atoms with Crippen LogP contribution in [-0.4, -0.2) is 43.7 Å². The summed E-state index contributed by atoms with van der Waals surface area (Å²) < 4.78 is 32.2. The fourth-order valence-corrected chi connectivity index (χ4v) is 3.35. The summed E-state index contributed by atoms with van der Waals surface area (Å²) in [5.74, 6) is 0.658. The van der Waals surface area contributed by atoms with Gasteiger partial charge in [0.15, 0.2) is 5.03 Å². The lowest BCUT2D eigenvalue weighted by Crippen LogP contribution is -2.33. The molecule has 1 heterocycles. The number of imidazole rings is 1. The molecule has 0 aromatic carbocycles. The maximum atomic E-state index is 12.0. The molecule has 1 aliphatic carbocycles. The molecule has 1 saturated carbocycles. The predicted octanol–water partition coefficient (Wildman–Crippen LogP) is 0.537. The summed E-state index contributed by atoms with van der Waals surface area (Å²) in [7, 11) is -3.53. The molecule has 0 atom stereocenters. The van der Waals surface area contributed by atoms with Crippen molar-refractivity contribution >= 4 is 10.0 Å². The van der Waals surface area contributed by atoms with Crippen molar-refractivity contribution in [3.8, 4) is 0 Å². The van der Waals surface area contributed by atoms with E-state index in [0.29, 0.717) is 18.9 Å². The number of aromatic amines is 1. The van der Waals surface area contributed by atoms with Gasteiger partial charge < -0.3 is 15.5 Å². The van der Waals surface area contributed by atoms with Crippen LogP contribution in [0.25, 0.3) is 0 Å². The summed E-state index contributed by atoms with van der Waals surface area (Å²) in [4.78, 5) is 6.77. The Morgan fingerprint density at radius 1 is 1.43 bits per heavy atom. The van der Waals surface area contributed by atoms with Crippen LogP contribution in [0.15, 0.2) is 11.2 Å². The fraction of sp³-hybridized carbons (Fsp3) is 0.769. The molecule has 0 unspecified atom stereocenters. The van der Waals surface area contributed by atoms with Gasteiger partial charge in [-0.05, 0) is 25.7 Å². The first-order valence-electron chi connectivity index (χ1n) is 7.42. The average Bonchev–Trinajstić information content (AvgIpc) is 2.95. The Balaban J connectivity index is 1.72. The summed E-state index contributed by atoms with van der Waals surface area (Å²) in [5.41, 5.74) is 5.83. The molecule has 120 valence electrons. The van der Waals surface area contributed by atoms with Gasteiger partial charge in [-0.2, -0.15) is 0 Å². The standard InChI is InChI=1S/C13H24N4O3S/c1-2-12-15-9-13(17-12)21(18,19)16-7-8-20-11-5-3-10(14)4-6-11/h9-11,16H,2-8,14H2,1H3,(H,15,17). The molecule has 0 bridgehead atoms. The van der Waals surface area contributed by atoms with Crippen LogP contribution in [0.1, 0.15) is 38.4 Å². The van der Waals surface area contributed by atoms with E-state index in [1.165, 1.54) is 6.20 Å². The maximum Gasteiger partial charge on any atom is 0.257 e. The van der Waals surface area contributed by atoms with E-state index in [2.05, 4.69) is 14.7 Å². The van der Waals surface area contributed by atoms with E-state index < -0.39 is 10.0 Å². The zero-order chi connectivity index (χ0) is 15.3. The van der Waals surface area contributed by atoms with E-state index in [9.17, 15) is 8.42 Å². The van der Waals surface area contributed by atoms with Crippen LogP contribution >= 0.6 is 0 Å². The third-order valence-corrected chi connectivity index (χ3v) is 5.07. The number of hydrogen-bond acceptors (Lipinski definition) is 5. The molecule has 1 fully saturated rings. The van der Waals surface area contributed by atoms with E-state index in [-0.39, 0.29) is 23.7 Å². The smallest absolute Gasteiger partial charge is 0.257 e. The fourth-order valence-electron chi connectivity index (χ4n) is 2.39. The van der Waals surface area contributed by atoms with Crippen LogP contribution in [0.4, 0.5) is 0 Å². The minimum atomic E-state index is -3.53. The van der Waals surface area contributed by atoms with Crippen molar-refractivity contribution in [1.82, 2.24) is 14.7 Å². The Morgan fingerprint density at radius 3 is 2.76 bits per heavy atom. The van der Waals surface area contributed by atoms with E-state index in [0.717, 1.165) is 25.7 Å². The largest absolute Gasteiger partial charge is 0.377 e. The molecule has 0 spiro atoms. The van der Waals surface area contributed by atoms with Gasteiger partial charge in [0.2, 0.25) is 0 Å². The number of rotatable bonds is 7. The highest BCUT2D eigenvalue weighted by atomic mass is 32.2. The number of nitrogens with zero attached hydrogens (tertiary/aromatic N) is 1. The van der Waals surface area contributed by atoms with Gasteiger partial charge in [0.05, 0.1) is 18.9 Å². The summed E-state index contributed by atoms with van der Waals surface area (Å²) in [6.07, 6.45) is 6.07. The topological polar surface area (TPSA) is 110 Å². The van der Waals surface area contributed by atoms with Crippen LogP contribution < -0.4 is 10.5 Å². The number of sulfonamides is 1. The third-order valence-electron chi connectivity index (χ3n) is 3.70. The molecule has 0 amide bonds. The molecule has 0 saturated heterocycles. The van der Waals surface area contributed by atoms with Gasteiger partial charge in [-0.25, -0.2) is 18.1 Å². The van der Waals surface area contributed by atoms with E-state index in [1.54, 1.807) is 0 Å². The van der Waals surface area contributed by atoms with Crippen molar-refractivity contribution < 1.29 is 13.2 Å². The highest BCUT2D eigenvalue weighted by Crippen LogP contribution is 2.19. The molecule has 8 heteroatoms. The number of ether oxygens (including phenoxy) is 1. The Bertz CT molecular complexity index is 535. The van der Waals surface area contributed by atoms with E-state index in [4.69, 9.17) is 10.5 Å². The highest BCUT2D eigenvalue weighted by molar-refractivity contribution is 7.89. The number of aryl methyl sites for hydroxylation is 1. The normalized spacial score (nSPS) is 23.3. The Morgan fingerprint density at radius 2 is 2.14 bits per heavy atom. The molecule has 2 rings (SSSR count). The summed E-state index contributed by atoms with van der Waals surface area (Å²) in [6, 6.07) is 0.288. The number of nitrogens with two attached hydrogens (primary N) is 1. The monoisotopic (exact) mass is 316 g/mol. The molecular weight excluding hydrogens is 292 g/mol. The lowest BCUT2D eigenvalue weighted by Gasteiger charge is -2.26. The molecule has 7 nitrogen and oxygen atoms in total. The Hall–Kier alpha value is -0.960. The van der Waals surface area contributed by atoms with Gasteiger partial charge in [-0.1, -0.05) is 6.92 Å². The second-order valence-corrected chi connectivity index (χ2v) is 7.09. The van der Waals surface area contributed by atoms with E-state index in [1.807, 2.05) is 6.92 Å². The van der Waals surface area contributed by atoms with Crippen LogP contribution in [0, 0.1) is 0 Å². The number of hydrogen-bond donors (Lipinski definition) is 3. The second kappa shape index (κ2) is 7.35. The van der Waals surface area contributed by atoms with Gasteiger partial charge in [-0.15, -0.1) is 0 Å². The first kappa shape index (κ1) is 16.4. The quantitative estimate of drug-likeness (QED) is 0.636. The number of nitrogens with one attached hydrogen (secondary N) is 2. The summed E-state index contributed by atoms with van der Waals surface area (Å²) >= 11 is 0. The first-order chi connectivity index (χ1) is 10.0. The highest BCUT2D eigenvalue weighted by Gasteiger charge is 2.20. The second-order valence-electron chi connectivity index (χ2n) is 5.35. The van der Waals surface area contributed by atoms with Gasteiger partial charge >= 0.3 is 0 Å². The van der Waals surface area contributed by atoms with Gasteiger partial charge in [0, 0.05) is 19.0 Å². The lowest BCUT2D eigenvalue weighted by atomic mass is 9.94. The van der Waals surface area contributed by atoms with Crippen molar-refractivity contribution in [3.05, 3.63) is 12.0 Å². The van der Waals surface area contributed by atoms with Crippen LogP contribution in [0.5, 0.6) is 0 Å². The Kier molecular flexibility index (Phi) is 5.74. The van der Waals surface area contributed by atoms with Crippen LogP contribution in [-0.2, 0) is 21.2 Å². The predicted molar refractivity (Wildman–Crippen MR) is 79.3 cm³/mol. The molecule has 0 aliphatic heterocycles. The molecule has 21 heavy (non-hydrogen) atoms. The average molecular weight is 316 g/mol. The summed E-state index contributed by atoms with van der Waals surface area (Å²) in [6.45, 7) is 2.53. The first-order valence-corrected chi connectivity index (χ1v) is 8.90. The number of H-pyrrole nitrogens is 1. The van der Waals surface area contributed by atoms with Gasteiger partial charge in [-0.3, -0.25) is 0 Å². The molecular formula is C13H24N4O3S. The zero-order valence-corrected chi connectivity index (χ0v) is 13.2. The molecule has 1 aromatic heterocycles. The third kappa shape index (κ3) is 4.77. The molecule has 1 aromatic rings. The minimum absolute atomic E-state index is 0.1000. The Labute approximate surface area is 125 Å². The molecule has 1 aliphatic rings. The van der Waals surface area contributed by atoms with Crippen molar-refractivity contribution in [2.45, 2.75) is 56.2 Å².